The first-order chi connectivity index (χ1) is 9.61. The van der Waals surface area contributed by atoms with E-state index in [0.717, 1.165) is 11.3 Å². The molecule has 0 saturated heterocycles. The second-order valence-corrected chi connectivity index (χ2v) is 5.20. The highest BCUT2D eigenvalue weighted by atomic mass is 35.5. The lowest BCUT2D eigenvalue weighted by Crippen LogP contribution is -2.11. The Morgan fingerprint density at radius 3 is 1.86 bits per heavy atom. The van der Waals surface area contributed by atoms with Gasteiger partial charge in [0, 0.05) is 10.9 Å². The summed E-state index contributed by atoms with van der Waals surface area (Å²) in [5.41, 5.74) is -2.58. The zero-order chi connectivity index (χ0) is 15.8. The minimum absolute atomic E-state index is 0.0294. The molecular formula is C12H6ClF6NS. The molecule has 114 valence electrons. The predicted molar refractivity (Wildman–Crippen MR) is 67.1 cm³/mol. The fourth-order valence-corrected chi connectivity index (χ4v) is 2.62. The van der Waals surface area contributed by atoms with E-state index in [0.29, 0.717) is 17.8 Å². The molecule has 9 heteroatoms. The lowest BCUT2D eigenvalue weighted by molar-refractivity contribution is -0.143. The number of nitrogens with zero attached hydrogens (tertiary/aromatic N) is 1. The zero-order valence-electron chi connectivity index (χ0n) is 10.0. The first-order valence-corrected chi connectivity index (χ1v) is 6.83. The van der Waals surface area contributed by atoms with Gasteiger partial charge in [-0.05, 0) is 18.2 Å². The largest absolute Gasteiger partial charge is 0.416 e. The molecule has 0 unspecified atom stereocenters. The minimum Gasteiger partial charge on any atom is -0.240 e. The van der Waals surface area contributed by atoms with Crippen molar-refractivity contribution in [2.45, 2.75) is 18.2 Å². The minimum atomic E-state index is -4.87. The predicted octanol–water partition coefficient (Wildman–Crippen LogP) is 5.59. The van der Waals surface area contributed by atoms with Crippen LogP contribution < -0.4 is 0 Å². The number of thiazole rings is 1. The smallest absolute Gasteiger partial charge is 0.240 e. The molecule has 0 spiro atoms. The van der Waals surface area contributed by atoms with Crippen molar-refractivity contribution in [2.75, 3.05) is 0 Å². The first-order valence-electron chi connectivity index (χ1n) is 5.41. The van der Waals surface area contributed by atoms with Gasteiger partial charge in [-0.15, -0.1) is 22.9 Å². The number of hydrogen-bond acceptors (Lipinski definition) is 2. The third-order valence-corrected chi connectivity index (χ3v) is 3.74. The van der Waals surface area contributed by atoms with E-state index in [9.17, 15) is 26.3 Å². The molecule has 0 amide bonds. The first kappa shape index (κ1) is 16.1. The van der Waals surface area contributed by atoms with Gasteiger partial charge in [0.25, 0.3) is 0 Å². The van der Waals surface area contributed by atoms with Gasteiger partial charge in [0.2, 0.25) is 0 Å². The summed E-state index contributed by atoms with van der Waals surface area (Å²) in [5, 5.41) is 1.54. The maximum absolute atomic E-state index is 12.7. The highest BCUT2D eigenvalue weighted by molar-refractivity contribution is 7.13. The highest BCUT2D eigenvalue weighted by Crippen LogP contribution is 2.39. The summed E-state index contributed by atoms with van der Waals surface area (Å²) >= 11 is 6.46. The van der Waals surface area contributed by atoms with Crippen LogP contribution in [0.2, 0.25) is 0 Å². The molecule has 1 nitrogen and oxygen atoms in total. The fraction of sp³-hybridized carbons (Fsp3) is 0.250. The van der Waals surface area contributed by atoms with Gasteiger partial charge in [-0.25, -0.2) is 4.98 Å². The third-order valence-electron chi connectivity index (χ3n) is 2.52. The Hall–Kier alpha value is -1.28. The zero-order valence-corrected chi connectivity index (χ0v) is 11.6. The Kier molecular flexibility index (Phi) is 4.21. The lowest BCUT2D eigenvalue weighted by atomic mass is 10.1. The molecule has 0 saturated carbocycles. The summed E-state index contributed by atoms with van der Waals surface area (Å²) in [5.74, 6) is 0.0294. The van der Waals surface area contributed by atoms with E-state index in [2.05, 4.69) is 4.98 Å². The summed E-state index contributed by atoms with van der Waals surface area (Å²) in [6.07, 6.45) is -9.74. The quantitative estimate of drug-likeness (QED) is 0.511. The molecule has 0 aliphatic rings. The second kappa shape index (κ2) is 5.49. The number of aromatic nitrogens is 1. The molecule has 2 rings (SSSR count). The molecule has 21 heavy (non-hydrogen) atoms. The van der Waals surface area contributed by atoms with Crippen LogP contribution >= 0.6 is 22.9 Å². The van der Waals surface area contributed by atoms with E-state index in [-0.39, 0.29) is 22.5 Å². The Morgan fingerprint density at radius 1 is 0.952 bits per heavy atom. The van der Waals surface area contributed by atoms with Crippen LogP contribution in [0.5, 0.6) is 0 Å². The van der Waals surface area contributed by atoms with E-state index in [4.69, 9.17) is 11.6 Å². The average molecular weight is 346 g/mol. The monoisotopic (exact) mass is 345 g/mol. The van der Waals surface area contributed by atoms with Crippen molar-refractivity contribution in [1.29, 1.82) is 0 Å². The van der Waals surface area contributed by atoms with Crippen molar-refractivity contribution in [3.8, 4) is 10.6 Å². The number of rotatable bonds is 2. The Bertz CT molecular complexity index is 614. The number of halogens is 7. The molecule has 0 N–H and O–H groups in total. The van der Waals surface area contributed by atoms with Gasteiger partial charge in [0.15, 0.2) is 0 Å². The molecule has 0 radical (unpaired) electrons. The van der Waals surface area contributed by atoms with Crippen molar-refractivity contribution in [3.05, 3.63) is 40.4 Å². The summed E-state index contributed by atoms with van der Waals surface area (Å²) in [7, 11) is 0. The maximum Gasteiger partial charge on any atom is 0.416 e. The Balaban J connectivity index is 2.60. The molecule has 1 aromatic heterocycles. The van der Waals surface area contributed by atoms with Crippen molar-refractivity contribution in [2.24, 2.45) is 0 Å². The SMILES string of the molecule is FC(F)(F)c1cc(-c2nc(CCl)cs2)cc(C(F)(F)F)c1. The molecule has 0 aliphatic heterocycles. The molecule has 0 fully saturated rings. The summed E-state index contributed by atoms with van der Waals surface area (Å²) in [6.45, 7) is 0. The summed E-state index contributed by atoms with van der Waals surface area (Å²) in [6, 6.07) is 1.37. The van der Waals surface area contributed by atoms with Gasteiger partial charge in [-0.3, -0.25) is 0 Å². The third kappa shape index (κ3) is 3.68. The van der Waals surface area contributed by atoms with Crippen LogP contribution in [0.4, 0.5) is 26.3 Å². The lowest BCUT2D eigenvalue weighted by Gasteiger charge is -2.13. The number of alkyl halides is 7. The van der Waals surface area contributed by atoms with Gasteiger partial charge in [-0.1, -0.05) is 0 Å². The number of hydrogen-bond donors (Lipinski definition) is 0. The molecule has 1 aromatic carbocycles. The fourth-order valence-electron chi connectivity index (χ4n) is 1.58. The Morgan fingerprint density at radius 2 is 1.48 bits per heavy atom. The topological polar surface area (TPSA) is 12.9 Å². The van der Waals surface area contributed by atoms with Crippen LogP contribution in [0.3, 0.4) is 0 Å². The van der Waals surface area contributed by atoms with Gasteiger partial charge >= 0.3 is 12.4 Å². The van der Waals surface area contributed by atoms with Crippen LogP contribution in [0.15, 0.2) is 23.6 Å². The van der Waals surface area contributed by atoms with Crippen LogP contribution in [0.25, 0.3) is 10.6 Å². The highest BCUT2D eigenvalue weighted by Gasteiger charge is 2.37. The maximum atomic E-state index is 12.7. The molecule has 0 bridgehead atoms. The molecule has 0 atom stereocenters. The van der Waals surface area contributed by atoms with Crippen molar-refractivity contribution < 1.29 is 26.3 Å². The van der Waals surface area contributed by atoms with E-state index in [1.165, 1.54) is 5.38 Å². The summed E-state index contributed by atoms with van der Waals surface area (Å²) < 4.78 is 76.3. The Labute approximate surface area is 124 Å². The molecule has 2 aromatic rings. The van der Waals surface area contributed by atoms with Crippen molar-refractivity contribution in [1.82, 2.24) is 4.98 Å². The van der Waals surface area contributed by atoms with Crippen molar-refractivity contribution in [3.63, 3.8) is 0 Å². The van der Waals surface area contributed by atoms with E-state index in [1.807, 2.05) is 0 Å². The van der Waals surface area contributed by atoms with Gasteiger partial charge < -0.3 is 0 Å². The van der Waals surface area contributed by atoms with E-state index >= 15 is 0 Å². The van der Waals surface area contributed by atoms with Gasteiger partial charge in [0.05, 0.1) is 22.7 Å². The normalized spacial score (nSPS) is 12.7. The number of benzene rings is 1. The standard InChI is InChI=1S/C12H6ClF6NS/c13-4-9-5-21-10(20-9)6-1-7(11(14,15)16)3-8(2-6)12(17,18)19/h1-3,5H,4H2. The second-order valence-electron chi connectivity index (χ2n) is 4.07. The van der Waals surface area contributed by atoms with E-state index < -0.39 is 23.5 Å². The van der Waals surface area contributed by atoms with Crippen molar-refractivity contribution >= 4 is 22.9 Å². The van der Waals surface area contributed by atoms with E-state index in [1.54, 1.807) is 0 Å². The molecule has 1 heterocycles. The van der Waals surface area contributed by atoms with Crippen LogP contribution in [-0.4, -0.2) is 4.98 Å². The summed E-state index contributed by atoms with van der Waals surface area (Å²) in [4.78, 5) is 3.90. The van der Waals surface area contributed by atoms with Crippen LogP contribution in [-0.2, 0) is 18.2 Å². The molecule has 0 aliphatic carbocycles. The van der Waals surface area contributed by atoms with Gasteiger partial charge in [0.1, 0.15) is 5.01 Å². The van der Waals surface area contributed by atoms with Crippen LogP contribution in [0.1, 0.15) is 16.8 Å². The molecular weight excluding hydrogens is 340 g/mol. The van der Waals surface area contributed by atoms with Gasteiger partial charge in [-0.2, -0.15) is 26.3 Å². The van der Waals surface area contributed by atoms with Crippen LogP contribution in [0, 0.1) is 0 Å². The average Bonchev–Trinajstić information content (AvgIpc) is 2.85.